The number of carbonyl (C=O) groups is 2. The Morgan fingerprint density at radius 2 is 1.75 bits per heavy atom. The number of Topliss-reactive ketones (excluding diaryl/α,β-unsaturated/α-hetero) is 1. The Labute approximate surface area is 144 Å². The lowest BCUT2D eigenvalue weighted by Crippen LogP contribution is -2.45. The highest BCUT2D eigenvalue weighted by Gasteiger charge is 2.42. The van der Waals surface area contributed by atoms with Crippen LogP contribution in [0, 0.1) is 11.3 Å². The molecule has 134 valence electrons. The van der Waals surface area contributed by atoms with Crippen molar-refractivity contribution in [2.24, 2.45) is 11.3 Å². The zero-order valence-corrected chi connectivity index (χ0v) is 15.1. The van der Waals surface area contributed by atoms with Gasteiger partial charge >= 0.3 is 5.97 Å². The number of ether oxygens (including phenoxy) is 2. The molecule has 3 atom stereocenters. The molecule has 0 saturated heterocycles. The molecule has 0 unspecified atom stereocenters. The summed E-state index contributed by atoms with van der Waals surface area (Å²) in [5, 5.41) is 10.4. The van der Waals surface area contributed by atoms with Gasteiger partial charge in [-0.25, -0.2) is 0 Å². The largest absolute Gasteiger partial charge is 0.465 e. The van der Waals surface area contributed by atoms with Gasteiger partial charge in [-0.15, -0.1) is 0 Å². The van der Waals surface area contributed by atoms with E-state index >= 15 is 0 Å². The maximum atomic E-state index is 12.6. The quantitative estimate of drug-likeness (QED) is 0.554. The fraction of sp³-hybridized carbons (Fsp3) is 0.579. The number of aliphatic hydroxyl groups excluding tert-OH is 1. The van der Waals surface area contributed by atoms with E-state index in [1.165, 1.54) is 13.8 Å². The molecule has 1 aromatic rings. The van der Waals surface area contributed by atoms with Crippen molar-refractivity contribution in [1.29, 1.82) is 0 Å². The van der Waals surface area contributed by atoms with Crippen LogP contribution in [0.2, 0.25) is 0 Å². The molecule has 24 heavy (non-hydrogen) atoms. The summed E-state index contributed by atoms with van der Waals surface area (Å²) in [7, 11) is 0. The molecule has 0 aliphatic rings. The van der Waals surface area contributed by atoms with Crippen molar-refractivity contribution in [3.8, 4) is 0 Å². The molecular formula is C19H28O5. The molecule has 0 aliphatic carbocycles. The molecule has 1 aromatic carbocycles. The molecule has 0 fully saturated rings. The molecule has 0 aliphatic heterocycles. The Bertz CT molecular complexity index is 538. The Morgan fingerprint density at radius 1 is 1.17 bits per heavy atom. The van der Waals surface area contributed by atoms with Gasteiger partial charge in [0.15, 0.2) is 5.78 Å². The first kappa shape index (κ1) is 20.3. The van der Waals surface area contributed by atoms with E-state index in [9.17, 15) is 14.7 Å². The number of hydrogen-bond donors (Lipinski definition) is 1. The van der Waals surface area contributed by atoms with Gasteiger partial charge in [0.25, 0.3) is 0 Å². The molecule has 0 aromatic heterocycles. The third kappa shape index (κ3) is 5.14. The lowest BCUT2D eigenvalue weighted by atomic mass is 9.79. The monoisotopic (exact) mass is 336 g/mol. The van der Waals surface area contributed by atoms with Crippen molar-refractivity contribution in [3.63, 3.8) is 0 Å². The van der Waals surface area contributed by atoms with Gasteiger partial charge in [0.05, 0.1) is 25.4 Å². The highest BCUT2D eigenvalue weighted by Crippen LogP contribution is 2.26. The summed E-state index contributed by atoms with van der Waals surface area (Å²) in [5.74, 6) is -1.68. The average Bonchev–Trinajstić information content (AvgIpc) is 2.58. The second-order valence-corrected chi connectivity index (χ2v) is 6.49. The minimum atomic E-state index is -1.30. The summed E-state index contributed by atoms with van der Waals surface area (Å²) >= 11 is 0. The average molecular weight is 336 g/mol. The van der Waals surface area contributed by atoms with Gasteiger partial charge in [0, 0.05) is 5.92 Å². The minimum Gasteiger partial charge on any atom is -0.465 e. The van der Waals surface area contributed by atoms with Crippen LogP contribution in [0.3, 0.4) is 0 Å². The number of ketones is 1. The van der Waals surface area contributed by atoms with E-state index in [0.29, 0.717) is 6.61 Å². The van der Waals surface area contributed by atoms with Crippen LogP contribution in [0.4, 0.5) is 0 Å². The number of benzene rings is 1. The SMILES string of the molecule is CCOC(=O)C(C)(C)C(=O)[C@H](C)[C@@H](O)[C@H](C)OCc1ccccc1. The Hall–Kier alpha value is -1.72. The first-order chi connectivity index (χ1) is 11.2. The molecule has 5 nitrogen and oxygen atoms in total. The molecule has 0 spiro atoms. The molecular weight excluding hydrogens is 308 g/mol. The first-order valence-corrected chi connectivity index (χ1v) is 8.27. The molecule has 1 N–H and O–H groups in total. The molecule has 0 amide bonds. The molecule has 0 bridgehead atoms. The van der Waals surface area contributed by atoms with Crippen LogP contribution in [0.5, 0.6) is 0 Å². The minimum absolute atomic E-state index is 0.211. The van der Waals surface area contributed by atoms with Gasteiger partial charge in [0.2, 0.25) is 0 Å². The highest BCUT2D eigenvalue weighted by atomic mass is 16.5. The van der Waals surface area contributed by atoms with Crippen molar-refractivity contribution < 1.29 is 24.2 Å². The first-order valence-electron chi connectivity index (χ1n) is 8.27. The van der Waals surface area contributed by atoms with Gasteiger partial charge in [-0.1, -0.05) is 37.3 Å². The van der Waals surface area contributed by atoms with Crippen LogP contribution in [0.1, 0.15) is 40.2 Å². The van der Waals surface area contributed by atoms with Crippen LogP contribution in [0.25, 0.3) is 0 Å². The summed E-state index contributed by atoms with van der Waals surface area (Å²) in [6.07, 6.45) is -1.54. The molecule has 1 rings (SSSR count). The van der Waals surface area contributed by atoms with Crippen LogP contribution >= 0.6 is 0 Å². The number of hydrogen-bond acceptors (Lipinski definition) is 5. The van der Waals surface area contributed by atoms with Crippen molar-refractivity contribution in [2.45, 2.75) is 53.4 Å². The van der Waals surface area contributed by atoms with E-state index in [2.05, 4.69) is 0 Å². The summed E-state index contributed by atoms with van der Waals surface area (Å²) < 4.78 is 10.6. The zero-order chi connectivity index (χ0) is 18.3. The van der Waals surface area contributed by atoms with Gasteiger partial charge < -0.3 is 14.6 Å². The van der Waals surface area contributed by atoms with Crippen LogP contribution < -0.4 is 0 Å². The number of aliphatic hydroxyl groups is 1. The predicted octanol–water partition coefficient (Wildman–Crippen LogP) is 2.75. The Balaban J connectivity index is 2.66. The van der Waals surface area contributed by atoms with Crippen LogP contribution in [-0.4, -0.2) is 35.7 Å². The Morgan fingerprint density at radius 3 is 2.29 bits per heavy atom. The summed E-state index contributed by atoms with van der Waals surface area (Å²) in [6, 6.07) is 9.59. The van der Waals surface area contributed by atoms with Crippen molar-refractivity contribution >= 4 is 11.8 Å². The maximum absolute atomic E-state index is 12.6. The highest BCUT2D eigenvalue weighted by molar-refractivity contribution is 6.04. The van der Waals surface area contributed by atoms with Gasteiger partial charge in [-0.2, -0.15) is 0 Å². The topological polar surface area (TPSA) is 72.8 Å². The van der Waals surface area contributed by atoms with Crippen molar-refractivity contribution in [1.82, 2.24) is 0 Å². The van der Waals surface area contributed by atoms with Crippen molar-refractivity contribution in [2.75, 3.05) is 6.61 Å². The normalized spacial score (nSPS) is 15.4. The van der Waals surface area contributed by atoms with Gasteiger partial charge in [-0.05, 0) is 33.3 Å². The third-order valence-electron chi connectivity index (χ3n) is 4.16. The van der Waals surface area contributed by atoms with E-state index in [0.717, 1.165) is 5.56 Å². The van der Waals surface area contributed by atoms with Gasteiger partial charge in [0.1, 0.15) is 5.41 Å². The van der Waals surface area contributed by atoms with Gasteiger partial charge in [-0.3, -0.25) is 9.59 Å². The van der Waals surface area contributed by atoms with Crippen LogP contribution in [-0.2, 0) is 25.7 Å². The molecule has 0 saturated carbocycles. The second kappa shape index (κ2) is 8.94. The summed E-state index contributed by atoms with van der Waals surface area (Å²) in [6.45, 7) is 8.61. The zero-order valence-electron chi connectivity index (χ0n) is 15.1. The van der Waals surface area contributed by atoms with E-state index in [1.807, 2.05) is 30.3 Å². The Kier molecular flexibility index (Phi) is 7.58. The lowest BCUT2D eigenvalue weighted by molar-refractivity contribution is -0.161. The fourth-order valence-electron chi connectivity index (χ4n) is 2.44. The molecule has 0 radical (unpaired) electrons. The molecule has 5 heteroatoms. The summed E-state index contributed by atoms with van der Waals surface area (Å²) in [4.78, 5) is 24.5. The maximum Gasteiger partial charge on any atom is 0.319 e. The second-order valence-electron chi connectivity index (χ2n) is 6.49. The third-order valence-corrected chi connectivity index (χ3v) is 4.16. The van der Waals surface area contributed by atoms with Crippen LogP contribution in [0.15, 0.2) is 30.3 Å². The van der Waals surface area contributed by atoms with E-state index in [1.54, 1.807) is 20.8 Å². The summed E-state index contributed by atoms with van der Waals surface area (Å²) in [5.41, 5.74) is -0.308. The smallest absolute Gasteiger partial charge is 0.319 e. The van der Waals surface area contributed by atoms with Crippen molar-refractivity contribution in [3.05, 3.63) is 35.9 Å². The molecule has 0 heterocycles. The van der Waals surface area contributed by atoms with E-state index in [-0.39, 0.29) is 12.4 Å². The van der Waals surface area contributed by atoms with E-state index < -0.39 is 29.5 Å². The standard InChI is InChI=1S/C19H28O5/c1-6-23-18(22)19(4,5)17(21)13(2)16(20)14(3)24-12-15-10-8-7-9-11-15/h7-11,13-14,16,20H,6,12H2,1-5H3/t13-,14+,16-/m1/s1. The number of carbonyl (C=O) groups excluding carboxylic acids is 2. The lowest BCUT2D eigenvalue weighted by Gasteiger charge is -2.29. The number of rotatable bonds is 9. The fourth-order valence-corrected chi connectivity index (χ4v) is 2.44. The van der Waals surface area contributed by atoms with E-state index in [4.69, 9.17) is 9.47 Å². The predicted molar refractivity (Wildman–Crippen MR) is 91.3 cm³/mol. The number of esters is 1.